The van der Waals surface area contributed by atoms with Crippen LogP contribution in [-0.2, 0) is 6.54 Å². The van der Waals surface area contributed by atoms with E-state index < -0.39 is 5.97 Å². The predicted molar refractivity (Wildman–Crippen MR) is 77.1 cm³/mol. The van der Waals surface area contributed by atoms with Crippen LogP contribution in [0, 0.1) is 0 Å². The van der Waals surface area contributed by atoms with Crippen molar-refractivity contribution in [3.05, 3.63) is 59.7 Å². The second-order valence-corrected chi connectivity index (χ2v) is 3.96. The van der Waals surface area contributed by atoms with Gasteiger partial charge in [0.05, 0.1) is 5.56 Å². The molecule has 2 aromatic rings. The summed E-state index contributed by atoms with van der Waals surface area (Å²) in [6, 6.07) is 14.7. The number of hydrazine groups is 1. The molecule has 0 atom stereocenters. The number of aromatic carboxylic acids is 1. The van der Waals surface area contributed by atoms with Crippen LogP contribution in [0.4, 0.5) is 0 Å². The molecule has 5 heteroatoms. The summed E-state index contributed by atoms with van der Waals surface area (Å²) in [6.45, 7) is 0.607. The lowest BCUT2D eigenvalue weighted by atomic mass is 10.0. The molecule has 19 heavy (non-hydrogen) atoms. The highest BCUT2D eigenvalue weighted by Gasteiger charge is 2.04. The zero-order chi connectivity index (χ0) is 13.0. The first-order chi connectivity index (χ1) is 8.70. The van der Waals surface area contributed by atoms with E-state index in [9.17, 15) is 4.79 Å². The van der Waals surface area contributed by atoms with Gasteiger partial charge < -0.3 is 5.11 Å². The van der Waals surface area contributed by atoms with E-state index in [2.05, 4.69) is 5.43 Å². The number of hydrogen-bond acceptors (Lipinski definition) is 3. The van der Waals surface area contributed by atoms with Gasteiger partial charge in [-0.15, -0.1) is 12.4 Å². The van der Waals surface area contributed by atoms with Crippen molar-refractivity contribution in [3.63, 3.8) is 0 Å². The first-order valence-corrected chi connectivity index (χ1v) is 5.57. The summed E-state index contributed by atoms with van der Waals surface area (Å²) >= 11 is 0. The standard InChI is InChI=1S/C14H14N2O2.ClH/c15-16-9-10-4-6-11(7-5-10)12-2-1-3-13(8-12)14(17)18;/h1-8,16H,9,15H2,(H,17,18);1H. The maximum Gasteiger partial charge on any atom is 0.335 e. The Bertz CT molecular complexity index is 556. The number of hydrogen-bond donors (Lipinski definition) is 3. The molecule has 0 radical (unpaired) electrons. The first kappa shape index (κ1) is 15.2. The van der Waals surface area contributed by atoms with E-state index in [1.807, 2.05) is 30.3 Å². The fraction of sp³-hybridized carbons (Fsp3) is 0.0714. The summed E-state index contributed by atoms with van der Waals surface area (Å²) in [7, 11) is 0. The SMILES string of the molecule is Cl.NNCc1ccc(-c2cccc(C(=O)O)c2)cc1. The van der Waals surface area contributed by atoms with Crippen molar-refractivity contribution in [1.82, 2.24) is 5.43 Å². The molecule has 0 spiro atoms. The zero-order valence-corrected chi connectivity index (χ0v) is 11.0. The maximum atomic E-state index is 10.9. The third-order valence-corrected chi connectivity index (χ3v) is 2.70. The molecule has 0 saturated heterocycles. The van der Waals surface area contributed by atoms with Crippen molar-refractivity contribution in [2.24, 2.45) is 5.84 Å². The van der Waals surface area contributed by atoms with Crippen molar-refractivity contribution in [1.29, 1.82) is 0 Å². The Balaban J connectivity index is 0.00000180. The van der Waals surface area contributed by atoms with E-state index >= 15 is 0 Å². The molecular weight excluding hydrogens is 264 g/mol. The van der Waals surface area contributed by atoms with Crippen LogP contribution in [0.3, 0.4) is 0 Å². The summed E-state index contributed by atoms with van der Waals surface area (Å²) in [5.41, 5.74) is 5.84. The Labute approximate surface area is 117 Å². The van der Waals surface area contributed by atoms with E-state index in [4.69, 9.17) is 10.9 Å². The number of carboxylic acid groups (broad SMARTS) is 1. The second kappa shape index (κ2) is 6.89. The van der Waals surface area contributed by atoms with Crippen LogP contribution in [0.1, 0.15) is 15.9 Å². The van der Waals surface area contributed by atoms with Gasteiger partial charge in [-0.3, -0.25) is 11.3 Å². The Morgan fingerprint density at radius 2 is 1.79 bits per heavy atom. The monoisotopic (exact) mass is 278 g/mol. The topological polar surface area (TPSA) is 75.3 Å². The molecule has 0 heterocycles. The highest BCUT2D eigenvalue weighted by Crippen LogP contribution is 2.21. The minimum absolute atomic E-state index is 0. The summed E-state index contributed by atoms with van der Waals surface area (Å²) in [4.78, 5) is 10.9. The highest BCUT2D eigenvalue weighted by molar-refractivity contribution is 5.89. The molecule has 4 nitrogen and oxygen atoms in total. The summed E-state index contributed by atoms with van der Waals surface area (Å²) in [6.07, 6.45) is 0. The molecule has 0 unspecified atom stereocenters. The lowest BCUT2D eigenvalue weighted by Crippen LogP contribution is -2.20. The largest absolute Gasteiger partial charge is 0.478 e. The van der Waals surface area contributed by atoms with E-state index in [-0.39, 0.29) is 12.4 Å². The molecule has 0 saturated carbocycles. The number of nitrogens with one attached hydrogen (secondary N) is 1. The van der Waals surface area contributed by atoms with Crippen LogP contribution in [0.2, 0.25) is 0 Å². The molecular formula is C14H15ClN2O2. The zero-order valence-electron chi connectivity index (χ0n) is 10.2. The van der Waals surface area contributed by atoms with Gasteiger partial charge >= 0.3 is 5.97 Å². The summed E-state index contributed by atoms with van der Waals surface area (Å²) in [5, 5.41) is 8.95. The smallest absolute Gasteiger partial charge is 0.335 e. The molecule has 0 aliphatic carbocycles. The quantitative estimate of drug-likeness (QED) is 0.593. The van der Waals surface area contributed by atoms with E-state index in [0.717, 1.165) is 16.7 Å². The normalized spacial score (nSPS) is 9.74. The van der Waals surface area contributed by atoms with Gasteiger partial charge in [0, 0.05) is 6.54 Å². The van der Waals surface area contributed by atoms with Crippen LogP contribution in [0.5, 0.6) is 0 Å². The minimum atomic E-state index is -0.916. The van der Waals surface area contributed by atoms with Gasteiger partial charge in [0.2, 0.25) is 0 Å². The Hall–Kier alpha value is -1.88. The van der Waals surface area contributed by atoms with Crippen molar-refractivity contribution in [3.8, 4) is 11.1 Å². The van der Waals surface area contributed by atoms with E-state index in [1.54, 1.807) is 18.2 Å². The average molecular weight is 279 g/mol. The number of nitrogens with two attached hydrogens (primary N) is 1. The molecule has 0 aliphatic heterocycles. The molecule has 0 fully saturated rings. The number of halogens is 1. The van der Waals surface area contributed by atoms with Crippen LogP contribution < -0.4 is 11.3 Å². The Kier molecular flexibility index (Phi) is 5.51. The third-order valence-electron chi connectivity index (χ3n) is 2.70. The maximum absolute atomic E-state index is 10.9. The van der Waals surface area contributed by atoms with Crippen molar-refractivity contribution in [2.45, 2.75) is 6.54 Å². The van der Waals surface area contributed by atoms with Gasteiger partial charge in [-0.05, 0) is 28.8 Å². The van der Waals surface area contributed by atoms with Crippen molar-refractivity contribution < 1.29 is 9.90 Å². The van der Waals surface area contributed by atoms with Gasteiger partial charge in [-0.1, -0.05) is 36.4 Å². The first-order valence-electron chi connectivity index (χ1n) is 5.57. The average Bonchev–Trinajstić information content (AvgIpc) is 2.40. The molecule has 2 aromatic carbocycles. The number of benzene rings is 2. The molecule has 0 aliphatic rings. The molecule has 2 rings (SSSR count). The fourth-order valence-electron chi connectivity index (χ4n) is 1.76. The molecule has 100 valence electrons. The number of rotatable bonds is 4. The molecule has 4 N–H and O–H groups in total. The van der Waals surface area contributed by atoms with Gasteiger partial charge in [0.15, 0.2) is 0 Å². The predicted octanol–water partition coefficient (Wildman–Crippen LogP) is 2.44. The third kappa shape index (κ3) is 3.79. The number of carbonyl (C=O) groups is 1. The minimum Gasteiger partial charge on any atom is -0.478 e. The second-order valence-electron chi connectivity index (χ2n) is 3.96. The highest BCUT2D eigenvalue weighted by atomic mass is 35.5. The van der Waals surface area contributed by atoms with Crippen LogP contribution in [0.25, 0.3) is 11.1 Å². The van der Waals surface area contributed by atoms with Gasteiger partial charge in [-0.2, -0.15) is 0 Å². The van der Waals surface area contributed by atoms with Crippen molar-refractivity contribution >= 4 is 18.4 Å². The van der Waals surface area contributed by atoms with E-state index in [1.165, 1.54) is 0 Å². The van der Waals surface area contributed by atoms with E-state index in [0.29, 0.717) is 12.1 Å². The fourth-order valence-corrected chi connectivity index (χ4v) is 1.76. The van der Waals surface area contributed by atoms with Gasteiger partial charge in [-0.25, -0.2) is 4.79 Å². The molecule has 0 amide bonds. The summed E-state index contributed by atoms with van der Waals surface area (Å²) < 4.78 is 0. The Morgan fingerprint density at radius 1 is 1.11 bits per heavy atom. The van der Waals surface area contributed by atoms with Crippen LogP contribution >= 0.6 is 12.4 Å². The number of carboxylic acids is 1. The Morgan fingerprint density at radius 3 is 2.37 bits per heavy atom. The van der Waals surface area contributed by atoms with Crippen molar-refractivity contribution in [2.75, 3.05) is 0 Å². The van der Waals surface area contributed by atoms with Crippen LogP contribution in [-0.4, -0.2) is 11.1 Å². The van der Waals surface area contributed by atoms with Gasteiger partial charge in [0.25, 0.3) is 0 Å². The van der Waals surface area contributed by atoms with Gasteiger partial charge in [0.1, 0.15) is 0 Å². The lowest BCUT2D eigenvalue weighted by Gasteiger charge is -2.05. The summed E-state index contributed by atoms with van der Waals surface area (Å²) in [5.74, 6) is 4.33. The molecule has 0 bridgehead atoms. The lowest BCUT2D eigenvalue weighted by molar-refractivity contribution is 0.0697. The van der Waals surface area contributed by atoms with Crippen LogP contribution in [0.15, 0.2) is 48.5 Å². The molecule has 0 aromatic heterocycles.